The van der Waals surface area contributed by atoms with E-state index in [0.29, 0.717) is 6.54 Å². The van der Waals surface area contributed by atoms with Crippen LogP contribution in [-0.4, -0.2) is 54.9 Å². The Kier molecular flexibility index (Phi) is 3.70. The quantitative estimate of drug-likeness (QED) is 0.571. The van der Waals surface area contributed by atoms with Crippen molar-refractivity contribution < 1.29 is 19.4 Å². The second kappa shape index (κ2) is 4.80. The van der Waals surface area contributed by atoms with Crippen LogP contribution in [0, 0.1) is 0 Å². The van der Waals surface area contributed by atoms with Gasteiger partial charge in [-0.3, -0.25) is 4.79 Å². The first kappa shape index (κ1) is 10.8. The van der Waals surface area contributed by atoms with Gasteiger partial charge in [0, 0.05) is 6.54 Å². The van der Waals surface area contributed by atoms with E-state index in [1.807, 2.05) is 0 Å². The summed E-state index contributed by atoms with van der Waals surface area (Å²) in [5.74, 6) is -0.487. The van der Waals surface area contributed by atoms with Gasteiger partial charge in [0.15, 0.2) is 0 Å². The third-order valence-electron chi connectivity index (χ3n) is 2.23. The molecule has 1 saturated heterocycles. The molecule has 0 bridgehead atoms. The number of aliphatic hydroxyl groups is 1. The smallest absolute Gasteiger partial charge is 0.325 e. The molecular weight excluding hydrogens is 188 g/mol. The van der Waals surface area contributed by atoms with E-state index in [1.54, 1.807) is 0 Å². The summed E-state index contributed by atoms with van der Waals surface area (Å²) in [5, 5.41) is 11.2. The summed E-state index contributed by atoms with van der Waals surface area (Å²) in [4.78, 5) is 23.5. The summed E-state index contributed by atoms with van der Waals surface area (Å²) in [6, 6.07) is -0.437. The third kappa shape index (κ3) is 2.35. The number of ether oxygens (including phenoxy) is 1. The molecule has 1 heterocycles. The van der Waals surface area contributed by atoms with E-state index in [-0.39, 0.29) is 25.2 Å². The highest BCUT2D eigenvalue weighted by molar-refractivity contribution is 5.81. The number of esters is 1. The topological polar surface area (TPSA) is 78.9 Å². The number of aliphatic hydroxyl groups excluding tert-OH is 1. The van der Waals surface area contributed by atoms with Gasteiger partial charge in [0.2, 0.25) is 0 Å². The van der Waals surface area contributed by atoms with Crippen LogP contribution in [0.1, 0.15) is 6.42 Å². The first-order valence-electron chi connectivity index (χ1n) is 4.41. The van der Waals surface area contributed by atoms with Crippen LogP contribution in [0.5, 0.6) is 0 Å². The summed E-state index contributed by atoms with van der Waals surface area (Å²) in [6.07, 6.45) is 0.808. The summed E-state index contributed by atoms with van der Waals surface area (Å²) in [5.41, 5.74) is 0. The molecule has 1 aliphatic heterocycles. The zero-order chi connectivity index (χ0) is 10.6. The van der Waals surface area contributed by atoms with Crippen LogP contribution in [0.4, 0.5) is 4.79 Å². The molecule has 0 aromatic rings. The molecule has 1 aliphatic rings. The Balaban J connectivity index is 2.25. The average molecular weight is 202 g/mol. The fourth-order valence-electron chi connectivity index (χ4n) is 1.22. The molecule has 6 nitrogen and oxygen atoms in total. The van der Waals surface area contributed by atoms with Crippen LogP contribution >= 0.6 is 0 Å². The molecule has 1 rings (SSSR count). The van der Waals surface area contributed by atoms with Gasteiger partial charge in [0.1, 0.15) is 6.54 Å². The van der Waals surface area contributed by atoms with Crippen LogP contribution in [0.25, 0.3) is 0 Å². The molecular formula is C8H14N2O4. The van der Waals surface area contributed by atoms with E-state index in [9.17, 15) is 9.59 Å². The fraction of sp³-hybridized carbons (Fsp3) is 0.750. The molecule has 80 valence electrons. The standard InChI is InChI=1S/C8H14N2O4/c1-14-7(12)4-9-8(13)10-3-2-6(10)5-11/h6,11H,2-5H2,1H3,(H,9,13). The zero-order valence-corrected chi connectivity index (χ0v) is 8.02. The normalized spacial score (nSPS) is 19.9. The minimum absolute atomic E-state index is 0.0361. The van der Waals surface area contributed by atoms with Gasteiger partial charge in [0.25, 0.3) is 0 Å². The van der Waals surface area contributed by atoms with E-state index in [2.05, 4.69) is 10.1 Å². The van der Waals surface area contributed by atoms with E-state index >= 15 is 0 Å². The Morgan fingerprint density at radius 3 is 2.79 bits per heavy atom. The zero-order valence-electron chi connectivity index (χ0n) is 8.02. The van der Waals surface area contributed by atoms with Gasteiger partial charge in [-0.15, -0.1) is 0 Å². The van der Waals surface area contributed by atoms with E-state index in [4.69, 9.17) is 5.11 Å². The number of likely N-dealkylation sites (tertiary alicyclic amines) is 1. The number of nitrogens with zero attached hydrogens (tertiary/aromatic N) is 1. The van der Waals surface area contributed by atoms with Crippen LogP contribution in [0.3, 0.4) is 0 Å². The first-order chi connectivity index (χ1) is 6.69. The van der Waals surface area contributed by atoms with Crippen LogP contribution in [0.2, 0.25) is 0 Å². The number of carbonyl (C=O) groups excluding carboxylic acids is 2. The maximum absolute atomic E-state index is 11.3. The van der Waals surface area contributed by atoms with Gasteiger partial charge in [-0.25, -0.2) is 4.79 Å². The van der Waals surface area contributed by atoms with Crippen molar-refractivity contribution in [3.05, 3.63) is 0 Å². The number of nitrogens with one attached hydrogen (secondary N) is 1. The molecule has 0 saturated carbocycles. The van der Waals surface area contributed by atoms with Gasteiger partial charge in [-0.05, 0) is 6.42 Å². The molecule has 1 fully saturated rings. The minimum atomic E-state index is -0.487. The lowest BCUT2D eigenvalue weighted by Gasteiger charge is -2.39. The highest BCUT2D eigenvalue weighted by Gasteiger charge is 2.31. The number of methoxy groups -OCH3 is 1. The molecule has 1 unspecified atom stereocenters. The van der Waals surface area contributed by atoms with E-state index in [1.165, 1.54) is 12.0 Å². The highest BCUT2D eigenvalue weighted by atomic mass is 16.5. The predicted molar refractivity (Wildman–Crippen MR) is 47.6 cm³/mol. The molecule has 1 atom stereocenters. The Bertz CT molecular complexity index is 229. The van der Waals surface area contributed by atoms with Crippen molar-refractivity contribution in [1.82, 2.24) is 10.2 Å². The lowest BCUT2D eigenvalue weighted by Crippen LogP contribution is -2.56. The van der Waals surface area contributed by atoms with Crippen molar-refractivity contribution >= 4 is 12.0 Å². The largest absolute Gasteiger partial charge is 0.468 e. The van der Waals surface area contributed by atoms with Crippen molar-refractivity contribution in [3.8, 4) is 0 Å². The van der Waals surface area contributed by atoms with Crippen LogP contribution < -0.4 is 5.32 Å². The van der Waals surface area contributed by atoms with Gasteiger partial charge in [-0.1, -0.05) is 0 Å². The lowest BCUT2D eigenvalue weighted by atomic mass is 10.1. The SMILES string of the molecule is COC(=O)CNC(=O)N1CCC1CO. The molecule has 0 aromatic heterocycles. The summed E-state index contributed by atoms with van der Waals surface area (Å²) in [6.45, 7) is 0.452. The number of hydrogen-bond acceptors (Lipinski definition) is 4. The third-order valence-corrected chi connectivity index (χ3v) is 2.23. The van der Waals surface area contributed by atoms with Crippen molar-refractivity contribution in [1.29, 1.82) is 0 Å². The van der Waals surface area contributed by atoms with Gasteiger partial charge < -0.3 is 20.1 Å². The second-order valence-electron chi connectivity index (χ2n) is 3.05. The summed E-state index contributed by atoms with van der Waals surface area (Å²) < 4.78 is 4.36. The monoisotopic (exact) mass is 202 g/mol. The molecule has 0 spiro atoms. The highest BCUT2D eigenvalue weighted by Crippen LogP contribution is 2.15. The first-order valence-corrected chi connectivity index (χ1v) is 4.41. The van der Waals surface area contributed by atoms with Crippen LogP contribution in [0.15, 0.2) is 0 Å². The maximum Gasteiger partial charge on any atom is 0.325 e. The minimum Gasteiger partial charge on any atom is -0.468 e. The van der Waals surface area contributed by atoms with Crippen molar-refractivity contribution in [2.75, 3.05) is 26.8 Å². The fourth-order valence-corrected chi connectivity index (χ4v) is 1.22. The Morgan fingerprint density at radius 1 is 1.64 bits per heavy atom. The number of carbonyl (C=O) groups is 2. The number of amides is 2. The number of hydrogen-bond donors (Lipinski definition) is 2. The summed E-state index contributed by atoms with van der Waals surface area (Å²) >= 11 is 0. The maximum atomic E-state index is 11.3. The van der Waals surface area contributed by atoms with Gasteiger partial charge in [0.05, 0.1) is 19.8 Å². The van der Waals surface area contributed by atoms with Crippen LogP contribution in [-0.2, 0) is 9.53 Å². The van der Waals surface area contributed by atoms with E-state index in [0.717, 1.165) is 6.42 Å². The van der Waals surface area contributed by atoms with Crippen molar-refractivity contribution in [3.63, 3.8) is 0 Å². The van der Waals surface area contributed by atoms with Crippen molar-refractivity contribution in [2.45, 2.75) is 12.5 Å². The molecule has 0 radical (unpaired) electrons. The Hall–Kier alpha value is -1.30. The van der Waals surface area contributed by atoms with Gasteiger partial charge >= 0.3 is 12.0 Å². The number of urea groups is 1. The molecule has 2 amide bonds. The Morgan fingerprint density at radius 2 is 2.36 bits per heavy atom. The summed E-state index contributed by atoms with van der Waals surface area (Å²) in [7, 11) is 1.26. The molecule has 0 aromatic carbocycles. The van der Waals surface area contributed by atoms with Crippen molar-refractivity contribution in [2.24, 2.45) is 0 Å². The molecule has 6 heteroatoms. The predicted octanol–water partition coefficient (Wildman–Crippen LogP) is -1.06. The Labute approximate surface area is 81.8 Å². The molecule has 0 aliphatic carbocycles. The number of rotatable bonds is 3. The molecule has 14 heavy (non-hydrogen) atoms. The average Bonchev–Trinajstić information content (AvgIpc) is 2.13. The second-order valence-corrected chi connectivity index (χ2v) is 3.05. The van der Waals surface area contributed by atoms with E-state index < -0.39 is 5.97 Å². The molecule has 2 N–H and O–H groups in total. The lowest BCUT2D eigenvalue weighted by molar-refractivity contribution is -0.139. The van der Waals surface area contributed by atoms with Gasteiger partial charge in [-0.2, -0.15) is 0 Å².